The lowest BCUT2D eigenvalue weighted by molar-refractivity contribution is -0.0163. The largest absolute Gasteiger partial charge is 0.402 e. The lowest BCUT2D eigenvalue weighted by Crippen LogP contribution is -2.41. The number of pyridine rings is 1. The van der Waals surface area contributed by atoms with Crippen molar-refractivity contribution in [3.8, 4) is 0 Å². The molecule has 17 heavy (non-hydrogen) atoms. The van der Waals surface area contributed by atoms with E-state index in [1.165, 1.54) is 6.20 Å². The summed E-state index contributed by atoms with van der Waals surface area (Å²) < 4.78 is 1.01. The minimum absolute atomic E-state index is 0.219. The Morgan fingerprint density at radius 1 is 1.35 bits per heavy atom. The standard InChI is InChI=1S/C11H13N3O3/c1-11(2,3)17-14-8-7(5-4-6-12-8)9(15)13-10(14)16/h4-6H,1-3H3,(H,13,15,16). The van der Waals surface area contributed by atoms with Gasteiger partial charge in [0.15, 0.2) is 5.65 Å². The number of fused-ring (bicyclic) bond motifs is 1. The molecule has 0 amide bonds. The van der Waals surface area contributed by atoms with Gasteiger partial charge in [-0.2, -0.15) is 0 Å². The second-order valence-electron chi connectivity index (χ2n) is 4.63. The van der Waals surface area contributed by atoms with Crippen LogP contribution >= 0.6 is 0 Å². The van der Waals surface area contributed by atoms with Crippen LogP contribution in [0.15, 0.2) is 27.9 Å². The average molecular weight is 235 g/mol. The van der Waals surface area contributed by atoms with Crippen molar-refractivity contribution < 1.29 is 4.84 Å². The van der Waals surface area contributed by atoms with Crippen LogP contribution in [0.3, 0.4) is 0 Å². The van der Waals surface area contributed by atoms with E-state index in [2.05, 4.69) is 9.97 Å². The van der Waals surface area contributed by atoms with E-state index in [4.69, 9.17) is 4.84 Å². The summed E-state index contributed by atoms with van der Waals surface area (Å²) in [6.45, 7) is 5.41. The highest BCUT2D eigenvalue weighted by Crippen LogP contribution is 2.06. The van der Waals surface area contributed by atoms with E-state index in [1.807, 2.05) is 0 Å². The third-order valence-corrected chi connectivity index (χ3v) is 1.99. The van der Waals surface area contributed by atoms with Gasteiger partial charge < -0.3 is 4.84 Å². The van der Waals surface area contributed by atoms with E-state index in [1.54, 1.807) is 32.9 Å². The molecule has 0 bridgehead atoms. The molecule has 2 rings (SSSR count). The van der Waals surface area contributed by atoms with Crippen LogP contribution < -0.4 is 16.1 Å². The molecule has 6 heteroatoms. The van der Waals surface area contributed by atoms with Crippen LogP contribution in [0.4, 0.5) is 0 Å². The Hall–Kier alpha value is -2.11. The molecule has 0 aliphatic heterocycles. The van der Waals surface area contributed by atoms with Gasteiger partial charge in [-0.1, -0.05) is 0 Å². The zero-order valence-corrected chi connectivity index (χ0v) is 9.85. The van der Waals surface area contributed by atoms with Crippen LogP contribution in [0.5, 0.6) is 0 Å². The van der Waals surface area contributed by atoms with E-state index in [-0.39, 0.29) is 5.65 Å². The Labute approximate surface area is 96.8 Å². The molecule has 6 nitrogen and oxygen atoms in total. The SMILES string of the molecule is CC(C)(C)On1c(=O)[nH]c(=O)c2cccnc21. The highest BCUT2D eigenvalue weighted by molar-refractivity contribution is 5.72. The van der Waals surface area contributed by atoms with E-state index in [9.17, 15) is 9.59 Å². The number of aromatic nitrogens is 3. The average Bonchev–Trinajstić information content (AvgIpc) is 2.23. The summed E-state index contributed by atoms with van der Waals surface area (Å²) in [5.41, 5.74) is -1.44. The number of nitrogens with zero attached hydrogens (tertiary/aromatic N) is 2. The summed E-state index contributed by atoms with van der Waals surface area (Å²) in [5, 5.41) is 0.316. The number of hydrogen-bond acceptors (Lipinski definition) is 4. The minimum atomic E-state index is -0.629. The number of aromatic amines is 1. The van der Waals surface area contributed by atoms with Crippen molar-refractivity contribution in [3.63, 3.8) is 0 Å². The van der Waals surface area contributed by atoms with Gasteiger partial charge in [0.1, 0.15) is 5.60 Å². The topological polar surface area (TPSA) is 77.0 Å². The molecular formula is C11H13N3O3. The van der Waals surface area contributed by atoms with Crippen molar-refractivity contribution >= 4 is 11.0 Å². The normalized spacial score (nSPS) is 11.7. The molecule has 1 N–H and O–H groups in total. The maximum Gasteiger partial charge on any atom is 0.363 e. The quantitative estimate of drug-likeness (QED) is 0.771. The Balaban J connectivity index is 2.79. The third kappa shape index (κ3) is 2.20. The van der Waals surface area contributed by atoms with Gasteiger partial charge in [0.05, 0.1) is 5.39 Å². The lowest BCUT2D eigenvalue weighted by atomic mass is 10.2. The van der Waals surface area contributed by atoms with Gasteiger partial charge in [0, 0.05) is 6.20 Å². The predicted molar refractivity (Wildman–Crippen MR) is 63.0 cm³/mol. The lowest BCUT2D eigenvalue weighted by Gasteiger charge is -2.21. The molecule has 2 aromatic rings. The molecule has 0 aliphatic rings. The van der Waals surface area contributed by atoms with Crippen molar-refractivity contribution in [1.29, 1.82) is 0 Å². The Kier molecular flexibility index (Phi) is 2.49. The third-order valence-electron chi connectivity index (χ3n) is 1.99. The maximum atomic E-state index is 11.7. The van der Waals surface area contributed by atoms with Crippen LogP contribution in [0.2, 0.25) is 0 Å². The number of rotatable bonds is 1. The minimum Gasteiger partial charge on any atom is -0.402 e. The van der Waals surface area contributed by atoms with Crippen LogP contribution in [-0.2, 0) is 0 Å². The molecule has 0 spiro atoms. The highest BCUT2D eigenvalue weighted by Gasteiger charge is 2.17. The van der Waals surface area contributed by atoms with Gasteiger partial charge in [-0.25, -0.2) is 9.78 Å². The number of H-pyrrole nitrogens is 1. The maximum absolute atomic E-state index is 11.7. The van der Waals surface area contributed by atoms with Crippen molar-refractivity contribution in [2.75, 3.05) is 0 Å². The molecular weight excluding hydrogens is 222 g/mol. The first kappa shape index (κ1) is 11.4. The van der Waals surface area contributed by atoms with Gasteiger partial charge in [-0.3, -0.25) is 9.78 Å². The molecule has 2 aromatic heterocycles. The fourth-order valence-electron chi connectivity index (χ4n) is 1.41. The van der Waals surface area contributed by atoms with Gasteiger partial charge in [0.2, 0.25) is 0 Å². The van der Waals surface area contributed by atoms with Gasteiger partial charge in [-0.15, -0.1) is 4.73 Å². The van der Waals surface area contributed by atoms with Crippen LogP contribution in [0.1, 0.15) is 20.8 Å². The first-order valence-electron chi connectivity index (χ1n) is 5.18. The zero-order chi connectivity index (χ0) is 12.6. The fraction of sp³-hybridized carbons (Fsp3) is 0.364. The second kappa shape index (κ2) is 3.73. The Morgan fingerprint density at radius 2 is 2.06 bits per heavy atom. The summed E-state index contributed by atoms with van der Waals surface area (Å²) in [7, 11) is 0. The first-order valence-corrected chi connectivity index (χ1v) is 5.18. The van der Waals surface area contributed by atoms with E-state index in [0.29, 0.717) is 5.39 Å². The summed E-state index contributed by atoms with van der Waals surface area (Å²) in [6, 6.07) is 3.21. The predicted octanol–water partition coefficient (Wildman–Crippen LogP) is 0.312. The zero-order valence-electron chi connectivity index (χ0n) is 9.85. The first-order chi connectivity index (χ1) is 7.88. The molecule has 0 aromatic carbocycles. The van der Waals surface area contributed by atoms with Crippen molar-refractivity contribution in [2.45, 2.75) is 26.4 Å². The van der Waals surface area contributed by atoms with Gasteiger partial charge in [-0.05, 0) is 32.9 Å². The summed E-state index contributed by atoms with van der Waals surface area (Å²) in [5.74, 6) is 0. The van der Waals surface area contributed by atoms with E-state index >= 15 is 0 Å². The molecule has 0 unspecified atom stereocenters. The Morgan fingerprint density at radius 3 is 2.71 bits per heavy atom. The van der Waals surface area contributed by atoms with Crippen molar-refractivity contribution in [1.82, 2.24) is 14.7 Å². The van der Waals surface area contributed by atoms with Gasteiger partial charge in [0.25, 0.3) is 5.56 Å². The molecule has 0 aliphatic carbocycles. The van der Waals surface area contributed by atoms with Gasteiger partial charge >= 0.3 is 5.69 Å². The van der Waals surface area contributed by atoms with Crippen LogP contribution in [0, 0.1) is 0 Å². The smallest absolute Gasteiger partial charge is 0.363 e. The number of nitrogens with one attached hydrogen (secondary N) is 1. The van der Waals surface area contributed by atoms with E-state index < -0.39 is 16.9 Å². The van der Waals surface area contributed by atoms with Crippen molar-refractivity contribution in [3.05, 3.63) is 39.2 Å². The molecule has 0 atom stereocenters. The summed E-state index contributed by atoms with van der Waals surface area (Å²) >= 11 is 0. The summed E-state index contributed by atoms with van der Waals surface area (Å²) in [6.07, 6.45) is 1.50. The monoisotopic (exact) mass is 235 g/mol. The second-order valence-corrected chi connectivity index (χ2v) is 4.63. The molecule has 0 saturated carbocycles. The molecule has 90 valence electrons. The highest BCUT2D eigenvalue weighted by atomic mass is 16.7. The molecule has 2 heterocycles. The Bertz CT molecular complexity index is 664. The molecule has 0 fully saturated rings. The fourth-order valence-corrected chi connectivity index (χ4v) is 1.41. The van der Waals surface area contributed by atoms with Crippen LogP contribution in [0.25, 0.3) is 11.0 Å². The van der Waals surface area contributed by atoms with Crippen molar-refractivity contribution in [2.24, 2.45) is 0 Å². The number of hydrogen-bond donors (Lipinski definition) is 1. The molecule has 0 radical (unpaired) electrons. The van der Waals surface area contributed by atoms with E-state index in [0.717, 1.165) is 4.73 Å². The molecule has 0 saturated heterocycles. The van der Waals surface area contributed by atoms with Crippen LogP contribution in [-0.4, -0.2) is 20.3 Å². The summed E-state index contributed by atoms with van der Waals surface area (Å²) in [4.78, 5) is 34.9.